The van der Waals surface area contributed by atoms with Crippen LogP contribution >= 0.6 is 24.0 Å². The molecule has 0 radical (unpaired) electrons. The molecule has 0 saturated carbocycles. The molecule has 0 aliphatic rings. The Morgan fingerprint density at radius 3 is 2.50 bits per heavy atom. The highest BCUT2D eigenvalue weighted by atomic mass is 127. The van der Waals surface area contributed by atoms with E-state index in [0.29, 0.717) is 25.0 Å². The van der Waals surface area contributed by atoms with Crippen LogP contribution in [0, 0.1) is 11.7 Å². The maximum atomic E-state index is 13.6. The molecule has 0 heterocycles. The number of carbonyl (C=O) groups is 1. The minimum atomic E-state index is -0.381. The number of ether oxygens (including phenoxy) is 1. The monoisotopic (exact) mass is 480 g/mol. The number of hydrogen-bond donors (Lipinski definition) is 1. The van der Waals surface area contributed by atoms with Gasteiger partial charge in [-0.2, -0.15) is 0 Å². The predicted molar refractivity (Wildman–Crippen MR) is 114 cm³/mol. The lowest BCUT2D eigenvalue weighted by molar-refractivity contribution is -0.127. The average Bonchev–Trinajstić information content (AvgIpc) is 2.55. The summed E-state index contributed by atoms with van der Waals surface area (Å²) in [6.07, 6.45) is 0. The molecule has 26 heavy (non-hydrogen) atoms. The molecule has 0 aromatic heterocycles. The van der Waals surface area contributed by atoms with Gasteiger partial charge in [-0.25, -0.2) is 9.38 Å². The highest BCUT2D eigenvalue weighted by molar-refractivity contribution is 14.0. The summed E-state index contributed by atoms with van der Waals surface area (Å²) in [5.74, 6) is 0.847. The summed E-state index contributed by atoms with van der Waals surface area (Å²) in [5.41, 5.74) is 0. The third-order valence-corrected chi connectivity index (χ3v) is 3.41. The number of amides is 1. The van der Waals surface area contributed by atoms with Gasteiger partial charge in [-0.3, -0.25) is 4.79 Å². The Balaban J connectivity index is 0.00000625. The van der Waals surface area contributed by atoms with E-state index in [1.54, 1.807) is 32.3 Å². The zero-order chi connectivity index (χ0) is 18.8. The first-order chi connectivity index (χ1) is 11.8. The molecule has 0 unspecified atom stereocenters. The van der Waals surface area contributed by atoms with Crippen LogP contribution < -0.4 is 10.1 Å². The third-order valence-electron chi connectivity index (χ3n) is 3.41. The maximum absolute atomic E-state index is 13.6. The van der Waals surface area contributed by atoms with Crippen molar-refractivity contribution in [3.05, 3.63) is 30.1 Å². The molecule has 1 aromatic rings. The number of hydrogen-bond acceptors (Lipinski definition) is 3. The van der Waals surface area contributed by atoms with Gasteiger partial charge in [0.2, 0.25) is 5.91 Å². The summed E-state index contributed by atoms with van der Waals surface area (Å²) < 4.78 is 19.0. The van der Waals surface area contributed by atoms with Crippen molar-refractivity contribution in [1.82, 2.24) is 15.1 Å². The first-order valence-corrected chi connectivity index (χ1v) is 8.38. The molecule has 1 aromatic carbocycles. The Morgan fingerprint density at radius 1 is 1.27 bits per heavy atom. The number of halogens is 2. The van der Waals surface area contributed by atoms with Crippen molar-refractivity contribution in [1.29, 1.82) is 0 Å². The largest absolute Gasteiger partial charge is 0.489 e. The van der Waals surface area contributed by atoms with Gasteiger partial charge in [-0.15, -0.1) is 24.0 Å². The summed E-state index contributed by atoms with van der Waals surface area (Å²) >= 11 is 0. The van der Waals surface area contributed by atoms with E-state index >= 15 is 0 Å². The number of rotatable bonds is 8. The van der Waals surface area contributed by atoms with Gasteiger partial charge in [0.25, 0.3) is 0 Å². The number of guanidine groups is 1. The number of likely N-dealkylation sites (N-methyl/N-ethyl adjacent to an activating group) is 2. The zero-order valence-corrected chi connectivity index (χ0v) is 18.5. The standard InChI is InChI=1S/C18H29FN4O2.HI/c1-14(2)12-20-18(21-13-17(24)22(3)4)23(5)10-11-25-16-9-7-6-8-15(16)19;/h6-9,14H,10-13H2,1-5H3,(H,20,21);1H. The normalized spacial score (nSPS) is 11.0. The lowest BCUT2D eigenvalue weighted by Gasteiger charge is -2.23. The summed E-state index contributed by atoms with van der Waals surface area (Å²) in [5, 5.41) is 3.25. The van der Waals surface area contributed by atoms with Crippen LogP contribution in [0.3, 0.4) is 0 Å². The van der Waals surface area contributed by atoms with Gasteiger partial charge in [0.1, 0.15) is 13.2 Å². The smallest absolute Gasteiger partial charge is 0.243 e. The molecule has 0 fully saturated rings. The molecule has 0 spiro atoms. The number of carbonyl (C=O) groups excluding carboxylic acids is 1. The lowest BCUT2D eigenvalue weighted by atomic mass is 10.2. The SMILES string of the molecule is CC(C)CNC(=NCC(=O)N(C)C)N(C)CCOc1ccccc1F.I. The van der Waals surface area contributed by atoms with Gasteiger partial charge in [0, 0.05) is 27.7 Å². The van der Waals surface area contributed by atoms with Crippen molar-refractivity contribution in [3.8, 4) is 5.75 Å². The van der Waals surface area contributed by atoms with Gasteiger partial charge in [0.15, 0.2) is 17.5 Å². The summed E-state index contributed by atoms with van der Waals surface area (Å²) in [7, 11) is 5.26. The minimum absolute atomic E-state index is 0. The molecule has 6 nitrogen and oxygen atoms in total. The quantitative estimate of drug-likeness (QED) is 0.353. The number of nitrogens with zero attached hydrogens (tertiary/aromatic N) is 3. The fraction of sp³-hybridized carbons (Fsp3) is 0.556. The molecule has 0 aliphatic carbocycles. The minimum Gasteiger partial charge on any atom is -0.489 e. The molecular weight excluding hydrogens is 450 g/mol. The van der Waals surface area contributed by atoms with Crippen molar-refractivity contribution in [3.63, 3.8) is 0 Å². The van der Waals surface area contributed by atoms with Gasteiger partial charge in [-0.1, -0.05) is 26.0 Å². The first-order valence-electron chi connectivity index (χ1n) is 8.38. The van der Waals surface area contributed by atoms with Crippen molar-refractivity contribution < 1.29 is 13.9 Å². The molecule has 0 aliphatic heterocycles. The van der Waals surface area contributed by atoms with E-state index in [1.165, 1.54) is 11.0 Å². The van der Waals surface area contributed by atoms with E-state index in [4.69, 9.17) is 4.74 Å². The number of nitrogens with one attached hydrogen (secondary N) is 1. The Bertz CT molecular complexity index is 582. The fourth-order valence-corrected chi connectivity index (χ4v) is 1.85. The van der Waals surface area contributed by atoms with Crippen LogP contribution in [-0.4, -0.2) is 69.1 Å². The third kappa shape index (κ3) is 9.21. The van der Waals surface area contributed by atoms with Crippen LogP contribution in [-0.2, 0) is 4.79 Å². The van der Waals surface area contributed by atoms with Crippen LogP contribution in [0.2, 0.25) is 0 Å². The molecule has 0 saturated heterocycles. The van der Waals surface area contributed by atoms with E-state index in [0.717, 1.165) is 6.54 Å². The highest BCUT2D eigenvalue weighted by Gasteiger charge is 2.10. The van der Waals surface area contributed by atoms with Gasteiger partial charge >= 0.3 is 0 Å². The highest BCUT2D eigenvalue weighted by Crippen LogP contribution is 2.14. The van der Waals surface area contributed by atoms with E-state index in [2.05, 4.69) is 24.2 Å². The second-order valence-electron chi connectivity index (χ2n) is 6.40. The molecule has 0 atom stereocenters. The summed E-state index contributed by atoms with van der Waals surface area (Å²) in [4.78, 5) is 19.5. The Labute approximate surface area is 172 Å². The Morgan fingerprint density at radius 2 is 1.92 bits per heavy atom. The second kappa shape index (κ2) is 12.7. The van der Waals surface area contributed by atoms with Crippen molar-refractivity contribution >= 4 is 35.8 Å². The maximum Gasteiger partial charge on any atom is 0.243 e. The Hall–Kier alpha value is -1.58. The summed E-state index contributed by atoms with van der Waals surface area (Å²) in [6.45, 7) is 5.82. The van der Waals surface area contributed by atoms with Gasteiger partial charge in [0.05, 0.1) is 6.54 Å². The van der Waals surface area contributed by atoms with Crippen molar-refractivity contribution in [2.45, 2.75) is 13.8 Å². The zero-order valence-electron chi connectivity index (χ0n) is 16.2. The molecular formula is C18H30FIN4O2. The van der Waals surface area contributed by atoms with Gasteiger partial charge < -0.3 is 19.9 Å². The van der Waals surface area contributed by atoms with E-state index in [-0.39, 0.29) is 48.0 Å². The summed E-state index contributed by atoms with van der Waals surface area (Å²) in [6, 6.07) is 6.31. The molecule has 8 heteroatoms. The molecule has 1 rings (SSSR count). The Kier molecular flexibility index (Phi) is 11.9. The fourth-order valence-electron chi connectivity index (χ4n) is 1.85. The second-order valence-corrected chi connectivity index (χ2v) is 6.40. The van der Waals surface area contributed by atoms with Crippen LogP contribution in [0.4, 0.5) is 4.39 Å². The predicted octanol–water partition coefficient (Wildman–Crippen LogP) is 2.44. The van der Waals surface area contributed by atoms with Crippen molar-refractivity contribution in [2.24, 2.45) is 10.9 Å². The van der Waals surface area contributed by atoms with Crippen LogP contribution in [0.1, 0.15) is 13.8 Å². The number of benzene rings is 1. The van der Waals surface area contributed by atoms with E-state index in [1.807, 2.05) is 11.9 Å². The van der Waals surface area contributed by atoms with Crippen LogP contribution in [0.15, 0.2) is 29.3 Å². The van der Waals surface area contributed by atoms with Gasteiger partial charge in [-0.05, 0) is 18.1 Å². The average molecular weight is 480 g/mol. The van der Waals surface area contributed by atoms with Crippen LogP contribution in [0.25, 0.3) is 0 Å². The van der Waals surface area contributed by atoms with Crippen LogP contribution in [0.5, 0.6) is 5.75 Å². The van der Waals surface area contributed by atoms with Crippen molar-refractivity contribution in [2.75, 3.05) is 47.4 Å². The topological polar surface area (TPSA) is 57.2 Å². The number of aliphatic imine (C=N–C) groups is 1. The van der Waals surface area contributed by atoms with E-state index in [9.17, 15) is 9.18 Å². The van der Waals surface area contributed by atoms with E-state index < -0.39 is 0 Å². The molecule has 1 N–H and O–H groups in total. The molecule has 148 valence electrons. The lowest BCUT2D eigenvalue weighted by Crippen LogP contribution is -2.43. The first kappa shape index (κ1) is 24.4. The number of para-hydroxylation sites is 1. The molecule has 0 bridgehead atoms. The molecule has 1 amide bonds.